The maximum absolute atomic E-state index is 16.3. The second-order valence-electron chi connectivity index (χ2n) is 9.24. The van der Waals surface area contributed by atoms with Crippen molar-refractivity contribution in [1.29, 1.82) is 0 Å². The van der Waals surface area contributed by atoms with Gasteiger partial charge in [0.05, 0.1) is 15.2 Å². The SMILES string of the molecule is CC1(N)CN(c2nc(N3CCNCC3)c3cc(Cl)c(-c4cccc5sc(N)nc45)c(F)c3n2)C1. The van der Waals surface area contributed by atoms with Gasteiger partial charge in [-0.3, -0.25) is 0 Å². The maximum atomic E-state index is 16.3. The summed E-state index contributed by atoms with van der Waals surface area (Å²) in [7, 11) is 0. The summed E-state index contributed by atoms with van der Waals surface area (Å²) in [4.78, 5) is 18.1. The van der Waals surface area contributed by atoms with Gasteiger partial charge in [-0.25, -0.2) is 14.4 Å². The highest BCUT2D eigenvalue weighted by atomic mass is 35.5. The molecule has 2 fully saturated rings. The number of rotatable bonds is 3. The van der Waals surface area contributed by atoms with E-state index >= 15 is 4.39 Å². The summed E-state index contributed by atoms with van der Waals surface area (Å²) in [5, 5.41) is 4.65. The molecule has 0 radical (unpaired) electrons. The van der Waals surface area contributed by atoms with Gasteiger partial charge in [-0.2, -0.15) is 4.98 Å². The Kier molecular flexibility index (Phi) is 5.03. The minimum Gasteiger partial charge on any atom is -0.375 e. The molecule has 5 N–H and O–H groups in total. The van der Waals surface area contributed by atoms with Crippen LogP contribution in [0.25, 0.3) is 32.2 Å². The number of piperazine rings is 1. The van der Waals surface area contributed by atoms with Crippen molar-refractivity contribution in [3.63, 3.8) is 0 Å². The van der Waals surface area contributed by atoms with Gasteiger partial charge < -0.3 is 26.6 Å². The molecule has 0 atom stereocenters. The van der Waals surface area contributed by atoms with E-state index in [0.717, 1.165) is 30.9 Å². The topological polar surface area (TPSA) is 109 Å². The summed E-state index contributed by atoms with van der Waals surface area (Å²) in [6.45, 7) is 6.38. The first-order chi connectivity index (χ1) is 16.3. The lowest BCUT2D eigenvalue weighted by Gasteiger charge is -2.45. The van der Waals surface area contributed by atoms with E-state index in [1.165, 1.54) is 11.3 Å². The molecule has 2 aromatic carbocycles. The highest BCUT2D eigenvalue weighted by Gasteiger charge is 2.37. The number of nitrogens with two attached hydrogens (primary N) is 2. The Morgan fingerprint density at radius 1 is 1.12 bits per heavy atom. The highest BCUT2D eigenvalue weighted by molar-refractivity contribution is 7.22. The van der Waals surface area contributed by atoms with E-state index in [0.29, 0.717) is 46.5 Å². The van der Waals surface area contributed by atoms with Crippen LogP contribution < -0.4 is 26.6 Å². The van der Waals surface area contributed by atoms with E-state index in [-0.39, 0.29) is 21.6 Å². The Balaban J connectivity index is 1.59. The second-order valence-corrected chi connectivity index (χ2v) is 10.7. The van der Waals surface area contributed by atoms with E-state index in [2.05, 4.69) is 20.2 Å². The molecule has 176 valence electrons. The Bertz CT molecular complexity index is 1420. The van der Waals surface area contributed by atoms with Crippen LogP contribution in [0.15, 0.2) is 24.3 Å². The van der Waals surface area contributed by atoms with Gasteiger partial charge in [0.25, 0.3) is 0 Å². The number of benzene rings is 2. The molecule has 0 amide bonds. The van der Waals surface area contributed by atoms with E-state index < -0.39 is 5.82 Å². The highest BCUT2D eigenvalue weighted by Crippen LogP contribution is 2.42. The minimum atomic E-state index is -0.488. The molecule has 11 heteroatoms. The molecule has 2 aliphatic heterocycles. The van der Waals surface area contributed by atoms with Crippen LogP contribution in [0, 0.1) is 5.82 Å². The van der Waals surface area contributed by atoms with Gasteiger partial charge in [0.15, 0.2) is 10.9 Å². The lowest BCUT2D eigenvalue weighted by atomic mass is 9.94. The van der Waals surface area contributed by atoms with Crippen LogP contribution in [0.3, 0.4) is 0 Å². The van der Waals surface area contributed by atoms with Gasteiger partial charge in [-0.1, -0.05) is 35.1 Å². The molecular weight excluding hydrogens is 475 g/mol. The fraction of sp³-hybridized carbons (Fsp3) is 0.348. The Morgan fingerprint density at radius 2 is 1.88 bits per heavy atom. The molecule has 4 heterocycles. The number of anilines is 3. The van der Waals surface area contributed by atoms with Crippen LogP contribution in [0.1, 0.15) is 6.92 Å². The lowest BCUT2D eigenvalue weighted by molar-refractivity contribution is 0.360. The van der Waals surface area contributed by atoms with Crippen molar-refractivity contribution in [3.8, 4) is 11.1 Å². The monoisotopic (exact) mass is 498 g/mol. The van der Waals surface area contributed by atoms with E-state index in [9.17, 15) is 0 Å². The average molecular weight is 499 g/mol. The third-order valence-electron chi connectivity index (χ3n) is 6.36. The molecule has 0 spiro atoms. The molecule has 0 aliphatic carbocycles. The molecule has 2 saturated heterocycles. The van der Waals surface area contributed by atoms with Gasteiger partial charge in [-0.15, -0.1) is 0 Å². The first-order valence-corrected chi connectivity index (χ1v) is 12.3. The average Bonchev–Trinajstić information content (AvgIpc) is 3.18. The van der Waals surface area contributed by atoms with Crippen molar-refractivity contribution in [2.75, 3.05) is 54.8 Å². The fourth-order valence-corrected chi connectivity index (χ4v) is 5.86. The van der Waals surface area contributed by atoms with Crippen molar-refractivity contribution >= 4 is 61.0 Å². The number of nitrogens with one attached hydrogen (secondary N) is 1. The summed E-state index contributed by atoms with van der Waals surface area (Å²) < 4.78 is 17.2. The zero-order chi connectivity index (χ0) is 23.6. The lowest BCUT2D eigenvalue weighted by Crippen LogP contribution is -2.66. The Hall–Kier alpha value is -2.79. The molecular formula is C23H24ClFN8S. The van der Waals surface area contributed by atoms with Gasteiger partial charge in [-0.05, 0) is 19.1 Å². The van der Waals surface area contributed by atoms with E-state index in [1.54, 1.807) is 6.07 Å². The molecule has 4 aromatic rings. The number of nitrogen functional groups attached to an aromatic ring is 1. The van der Waals surface area contributed by atoms with Gasteiger partial charge in [0, 0.05) is 61.3 Å². The summed E-state index contributed by atoms with van der Waals surface area (Å²) in [5.41, 5.74) is 13.6. The van der Waals surface area contributed by atoms with Crippen LogP contribution in [-0.4, -0.2) is 59.8 Å². The molecule has 2 aliphatic rings. The number of hydrogen-bond donors (Lipinski definition) is 3. The Labute approximate surface area is 204 Å². The predicted molar refractivity (Wildman–Crippen MR) is 137 cm³/mol. The summed E-state index contributed by atoms with van der Waals surface area (Å²) in [5.74, 6) is 0.681. The first-order valence-electron chi connectivity index (χ1n) is 11.2. The van der Waals surface area contributed by atoms with Crippen molar-refractivity contribution in [2.24, 2.45) is 5.73 Å². The van der Waals surface area contributed by atoms with Gasteiger partial charge >= 0.3 is 0 Å². The standard InChI is InChI=1S/C23H24ClFN8S/c1-23(27)10-33(11-23)22-30-19-13(20(31-22)32-7-5-28-6-8-32)9-14(24)16(17(19)25)12-3-2-4-15-18(12)29-21(26)34-15/h2-4,9,28H,5-8,10-11,27H2,1H3,(H2,26,29). The van der Waals surface area contributed by atoms with Crippen LogP contribution in [0.2, 0.25) is 5.02 Å². The van der Waals surface area contributed by atoms with Crippen molar-refractivity contribution < 1.29 is 4.39 Å². The van der Waals surface area contributed by atoms with Crippen molar-refractivity contribution in [2.45, 2.75) is 12.5 Å². The zero-order valence-corrected chi connectivity index (χ0v) is 20.2. The second kappa shape index (κ2) is 7.88. The summed E-state index contributed by atoms with van der Waals surface area (Å²) in [6, 6.07) is 7.35. The zero-order valence-electron chi connectivity index (χ0n) is 18.6. The first kappa shape index (κ1) is 21.7. The molecule has 34 heavy (non-hydrogen) atoms. The summed E-state index contributed by atoms with van der Waals surface area (Å²) in [6.07, 6.45) is 0. The predicted octanol–water partition coefficient (Wildman–Crippen LogP) is 3.23. The van der Waals surface area contributed by atoms with Crippen LogP contribution in [-0.2, 0) is 0 Å². The summed E-state index contributed by atoms with van der Waals surface area (Å²) >= 11 is 8.09. The number of thiazole rings is 1. The molecule has 8 nitrogen and oxygen atoms in total. The third kappa shape index (κ3) is 3.52. The van der Waals surface area contributed by atoms with Crippen LogP contribution in [0.5, 0.6) is 0 Å². The molecule has 0 bridgehead atoms. The molecule has 0 saturated carbocycles. The van der Waals surface area contributed by atoms with E-state index in [4.69, 9.17) is 28.1 Å². The largest absolute Gasteiger partial charge is 0.375 e. The van der Waals surface area contributed by atoms with Crippen LogP contribution in [0.4, 0.5) is 21.3 Å². The fourth-order valence-electron chi connectivity index (χ4n) is 4.81. The normalized spacial score (nSPS) is 18.0. The number of halogens is 2. The van der Waals surface area contributed by atoms with E-state index in [1.807, 2.05) is 30.0 Å². The van der Waals surface area contributed by atoms with Crippen molar-refractivity contribution in [3.05, 3.63) is 35.1 Å². The molecule has 6 rings (SSSR count). The van der Waals surface area contributed by atoms with Gasteiger partial charge in [0.1, 0.15) is 11.3 Å². The molecule has 2 aromatic heterocycles. The maximum Gasteiger partial charge on any atom is 0.228 e. The number of para-hydroxylation sites is 1. The minimum absolute atomic E-state index is 0.240. The van der Waals surface area contributed by atoms with Crippen molar-refractivity contribution in [1.82, 2.24) is 20.3 Å². The third-order valence-corrected chi connectivity index (χ3v) is 7.51. The van der Waals surface area contributed by atoms with Crippen LogP contribution >= 0.6 is 22.9 Å². The number of aromatic nitrogens is 3. The van der Waals surface area contributed by atoms with Gasteiger partial charge in [0.2, 0.25) is 5.95 Å². The smallest absolute Gasteiger partial charge is 0.228 e. The quantitative estimate of drug-likeness (QED) is 0.395. The number of hydrogen-bond acceptors (Lipinski definition) is 9. The Morgan fingerprint density at radius 3 is 2.62 bits per heavy atom. The number of fused-ring (bicyclic) bond motifs is 2. The number of nitrogens with zero attached hydrogens (tertiary/aromatic N) is 5. The molecule has 0 unspecified atom stereocenters.